The first-order valence-electron chi connectivity index (χ1n) is 7.79. The molecular formula is C15H18F5N3O3. The van der Waals surface area contributed by atoms with E-state index >= 15 is 0 Å². The summed E-state index contributed by atoms with van der Waals surface area (Å²) in [7, 11) is 0. The van der Waals surface area contributed by atoms with Crippen LogP contribution in [0.1, 0.15) is 31.4 Å². The van der Waals surface area contributed by atoms with Crippen LogP contribution in [0.25, 0.3) is 0 Å². The van der Waals surface area contributed by atoms with E-state index in [1.165, 1.54) is 19.2 Å². The predicted octanol–water partition coefficient (Wildman–Crippen LogP) is 2.75. The largest absolute Gasteiger partial charge is 0.417 e. The van der Waals surface area contributed by atoms with E-state index in [1.54, 1.807) is 0 Å². The fourth-order valence-corrected chi connectivity index (χ4v) is 2.63. The van der Waals surface area contributed by atoms with Crippen molar-refractivity contribution in [2.45, 2.75) is 50.7 Å². The number of hydrogen-bond donors (Lipinski definition) is 3. The summed E-state index contributed by atoms with van der Waals surface area (Å²) in [6.07, 6.45) is -4.64. The zero-order chi connectivity index (χ0) is 19.5. The number of aliphatic hydroxyl groups excluding tert-OH is 1. The molecule has 2 amide bonds. The Morgan fingerprint density at radius 3 is 2.58 bits per heavy atom. The predicted molar refractivity (Wildman–Crippen MR) is 79.5 cm³/mol. The molecule has 1 fully saturated rings. The number of carbonyl (C=O) groups excluding carboxylic acids is 1. The Morgan fingerprint density at radius 2 is 2.04 bits per heavy atom. The summed E-state index contributed by atoms with van der Waals surface area (Å²) in [5, 5.41) is 14.6. The molecule has 1 aliphatic carbocycles. The number of pyridine rings is 1. The molecule has 1 saturated carbocycles. The second kappa shape index (κ2) is 8.02. The summed E-state index contributed by atoms with van der Waals surface area (Å²) in [5.74, 6) is -1.83. The maximum Gasteiger partial charge on any atom is 0.391 e. The first kappa shape index (κ1) is 20.1. The second-order valence-electron chi connectivity index (χ2n) is 6.05. The van der Waals surface area contributed by atoms with Gasteiger partial charge in [0.15, 0.2) is 0 Å². The SMILES string of the molecule is C[C@@H](O)[C@H](NC(=O)NC1CC(C(F)(F)F)C1)c1ccnc(OC(F)F)c1. The van der Waals surface area contributed by atoms with Crippen molar-refractivity contribution in [3.63, 3.8) is 0 Å². The number of nitrogens with one attached hydrogen (secondary N) is 2. The van der Waals surface area contributed by atoms with Gasteiger partial charge in [0.1, 0.15) is 0 Å². The summed E-state index contributed by atoms with van der Waals surface area (Å²) in [6.45, 7) is -1.72. The van der Waals surface area contributed by atoms with Gasteiger partial charge in [0, 0.05) is 18.3 Å². The van der Waals surface area contributed by atoms with Crippen molar-refractivity contribution in [3.05, 3.63) is 23.9 Å². The molecule has 146 valence electrons. The molecule has 1 aromatic heterocycles. The van der Waals surface area contributed by atoms with Gasteiger partial charge in [0.25, 0.3) is 0 Å². The lowest BCUT2D eigenvalue weighted by atomic mass is 9.80. The number of halogens is 5. The zero-order valence-electron chi connectivity index (χ0n) is 13.6. The van der Waals surface area contributed by atoms with Crippen LogP contribution in [0, 0.1) is 5.92 Å². The number of amides is 2. The highest BCUT2D eigenvalue weighted by atomic mass is 19.4. The molecular weight excluding hydrogens is 365 g/mol. The Balaban J connectivity index is 1.95. The summed E-state index contributed by atoms with van der Waals surface area (Å²) in [4.78, 5) is 15.6. The molecule has 2 atom stereocenters. The van der Waals surface area contributed by atoms with Gasteiger partial charge in [-0.05, 0) is 31.4 Å². The average Bonchev–Trinajstić information content (AvgIpc) is 2.46. The fraction of sp³-hybridized carbons (Fsp3) is 0.600. The van der Waals surface area contributed by atoms with Crippen LogP contribution in [-0.2, 0) is 0 Å². The average molecular weight is 383 g/mol. The first-order chi connectivity index (χ1) is 12.1. The van der Waals surface area contributed by atoms with Gasteiger partial charge in [0.2, 0.25) is 5.88 Å². The number of rotatable bonds is 6. The lowest BCUT2D eigenvalue weighted by molar-refractivity contribution is -0.198. The molecule has 6 nitrogen and oxygen atoms in total. The van der Waals surface area contributed by atoms with Crippen LogP contribution in [0.3, 0.4) is 0 Å². The third-order valence-electron chi connectivity index (χ3n) is 4.03. The summed E-state index contributed by atoms with van der Waals surface area (Å²) in [5.41, 5.74) is 0.252. The molecule has 0 aromatic carbocycles. The molecule has 0 unspecified atom stereocenters. The number of aliphatic hydroxyl groups is 1. The maximum absolute atomic E-state index is 12.4. The fourth-order valence-electron chi connectivity index (χ4n) is 2.63. The summed E-state index contributed by atoms with van der Waals surface area (Å²) >= 11 is 0. The number of ether oxygens (including phenoxy) is 1. The highest BCUT2D eigenvalue weighted by Gasteiger charge is 2.48. The summed E-state index contributed by atoms with van der Waals surface area (Å²) < 4.78 is 66.0. The lowest BCUT2D eigenvalue weighted by Gasteiger charge is -2.37. The van der Waals surface area contributed by atoms with E-state index in [2.05, 4.69) is 20.4 Å². The monoisotopic (exact) mass is 383 g/mol. The smallest absolute Gasteiger partial charge is 0.391 e. The second-order valence-corrected chi connectivity index (χ2v) is 6.05. The van der Waals surface area contributed by atoms with E-state index in [1.807, 2.05) is 0 Å². The van der Waals surface area contributed by atoms with Crippen LogP contribution >= 0.6 is 0 Å². The minimum atomic E-state index is -4.28. The molecule has 2 rings (SSSR count). The van der Waals surface area contributed by atoms with Gasteiger partial charge in [0.05, 0.1) is 18.1 Å². The van der Waals surface area contributed by atoms with Gasteiger partial charge < -0.3 is 20.5 Å². The quantitative estimate of drug-likeness (QED) is 0.660. The van der Waals surface area contributed by atoms with Gasteiger partial charge >= 0.3 is 18.8 Å². The molecule has 3 N–H and O–H groups in total. The molecule has 1 aromatic rings. The van der Waals surface area contributed by atoms with Crippen molar-refractivity contribution in [1.82, 2.24) is 15.6 Å². The molecule has 0 bridgehead atoms. The molecule has 0 radical (unpaired) electrons. The highest BCUT2D eigenvalue weighted by molar-refractivity contribution is 5.75. The van der Waals surface area contributed by atoms with Crippen molar-refractivity contribution >= 4 is 6.03 Å². The number of hydrogen-bond acceptors (Lipinski definition) is 4. The third kappa shape index (κ3) is 5.41. The van der Waals surface area contributed by atoms with Crippen molar-refractivity contribution in [2.24, 2.45) is 5.92 Å². The molecule has 26 heavy (non-hydrogen) atoms. The first-order valence-corrected chi connectivity index (χ1v) is 7.79. The standard InChI is InChI=1S/C15H18F5N3O3/c1-7(24)12(8-2-3-21-11(4-8)26-13(16)17)23-14(25)22-10-5-9(6-10)15(18,19)20/h2-4,7,9-10,12-13,24H,5-6H2,1H3,(H2,22,23,25)/t7-,9?,10?,12+/m1/s1. The van der Waals surface area contributed by atoms with Gasteiger partial charge in [-0.2, -0.15) is 22.0 Å². The minimum absolute atomic E-state index is 0.210. The van der Waals surface area contributed by atoms with Gasteiger partial charge in [-0.15, -0.1) is 0 Å². The van der Waals surface area contributed by atoms with E-state index in [0.29, 0.717) is 0 Å². The van der Waals surface area contributed by atoms with E-state index < -0.39 is 48.8 Å². The topological polar surface area (TPSA) is 83.5 Å². The number of carbonyl (C=O) groups is 1. The number of nitrogens with zero attached hydrogens (tertiary/aromatic N) is 1. The minimum Gasteiger partial charge on any atom is -0.417 e. The van der Waals surface area contributed by atoms with E-state index in [0.717, 1.165) is 6.07 Å². The number of aromatic nitrogens is 1. The molecule has 11 heteroatoms. The van der Waals surface area contributed by atoms with E-state index in [-0.39, 0.29) is 18.4 Å². The normalized spacial score (nSPS) is 22.3. The van der Waals surface area contributed by atoms with E-state index in [4.69, 9.17) is 0 Å². The molecule has 0 spiro atoms. The molecule has 0 saturated heterocycles. The summed E-state index contributed by atoms with van der Waals surface area (Å²) in [6, 6.07) is 0.143. The molecule has 0 aliphatic heterocycles. The van der Waals surface area contributed by atoms with Crippen LogP contribution in [0.15, 0.2) is 18.3 Å². The highest BCUT2D eigenvalue weighted by Crippen LogP contribution is 2.40. The van der Waals surface area contributed by atoms with Crippen molar-refractivity contribution in [3.8, 4) is 5.88 Å². The number of alkyl halides is 5. The Morgan fingerprint density at radius 1 is 1.38 bits per heavy atom. The Bertz CT molecular complexity index is 621. The van der Waals surface area contributed by atoms with Crippen LogP contribution in [0.2, 0.25) is 0 Å². The van der Waals surface area contributed by atoms with Crippen molar-refractivity contribution < 1.29 is 36.6 Å². The Kier molecular flexibility index (Phi) is 6.21. The molecule has 1 heterocycles. The Labute approximate surface area is 145 Å². The third-order valence-corrected chi connectivity index (χ3v) is 4.03. The number of urea groups is 1. The van der Waals surface area contributed by atoms with Gasteiger partial charge in [-0.3, -0.25) is 0 Å². The van der Waals surface area contributed by atoms with E-state index in [9.17, 15) is 31.9 Å². The van der Waals surface area contributed by atoms with Crippen LogP contribution in [0.5, 0.6) is 5.88 Å². The van der Waals surface area contributed by atoms with Crippen LogP contribution in [0.4, 0.5) is 26.7 Å². The maximum atomic E-state index is 12.4. The Hall–Kier alpha value is -2.17. The van der Waals surface area contributed by atoms with Crippen LogP contribution in [-0.4, -0.2) is 41.1 Å². The lowest BCUT2D eigenvalue weighted by Crippen LogP contribution is -2.52. The zero-order valence-corrected chi connectivity index (χ0v) is 13.6. The molecule has 1 aliphatic rings. The van der Waals surface area contributed by atoms with Crippen LogP contribution < -0.4 is 15.4 Å². The van der Waals surface area contributed by atoms with Gasteiger partial charge in [-0.25, -0.2) is 9.78 Å². The van der Waals surface area contributed by atoms with Gasteiger partial charge in [-0.1, -0.05) is 0 Å². The van der Waals surface area contributed by atoms with Crippen molar-refractivity contribution in [1.29, 1.82) is 0 Å². The van der Waals surface area contributed by atoms with Crippen molar-refractivity contribution in [2.75, 3.05) is 0 Å².